The quantitative estimate of drug-likeness (QED) is 0.926. The van der Waals surface area contributed by atoms with Crippen LogP contribution in [0.4, 0.5) is 0 Å². The van der Waals surface area contributed by atoms with Crippen LogP contribution < -0.4 is 0 Å². The Hall–Kier alpha value is -1.06. The van der Waals surface area contributed by atoms with Crippen molar-refractivity contribution >= 4 is 17.6 Å². The molecule has 1 aliphatic carbocycles. The molecule has 0 spiro atoms. The van der Waals surface area contributed by atoms with Gasteiger partial charge in [-0.25, -0.2) is 0 Å². The smallest absolute Gasteiger partial charge is 0.304 e. The highest BCUT2D eigenvalue weighted by Gasteiger charge is 2.46. The Bertz CT molecular complexity index is 539. The fourth-order valence-electron chi connectivity index (χ4n) is 3.38. The first-order valence-corrected chi connectivity index (χ1v) is 7.58. The summed E-state index contributed by atoms with van der Waals surface area (Å²) in [6, 6.07) is 6.21. The van der Waals surface area contributed by atoms with E-state index in [1.165, 1.54) is 5.56 Å². The Kier molecular flexibility index (Phi) is 3.51. The molecular formula is C16H20ClNO2. The molecule has 1 unspecified atom stereocenters. The van der Waals surface area contributed by atoms with E-state index < -0.39 is 5.97 Å². The van der Waals surface area contributed by atoms with Crippen LogP contribution >= 0.6 is 11.6 Å². The van der Waals surface area contributed by atoms with Crippen molar-refractivity contribution in [1.29, 1.82) is 0 Å². The summed E-state index contributed by atoms with van der Waals surface area (Å²) in [5.74, 6) is -0.212. The number of hydrogen-bond acceptors (Lipinski definition) is 2. The molecule has 3 nitrogen and oxygen atoms in total. The van der Waals surface area contributed by atoms with E-state index in [4.69, 9.17) is 16.7 Å². The Labute approximate surface area is 124 Å². The summed E-state index contributed by atoms with van der Waals surface area (Å²) in [7, 11) is 2.13. The molecule has 2 aliphatic rings. The van der Waals surface area contributed by atoms with Crippen LogP contribution in [-0.2, 0) is 10.2 Å². The van der Waals surface area contributed by atoms with E-state index in [1.54, 1.807) is 0 Å². The number of halogens is 1. The molecule has 0 radical (unpaired) electrons. The van der Waals surface area contributed by atoms with E-state index in [1.807, 2.05) is 6.07 Å². The van der Waals surface area contributed by atoms with Crippen molar-refractivity contribution in [2.24, 2.45) is 0 Å². The zero-order chi connectivity index (χ0) is 14.3. The van der Waals surface area contributed by atoms with Gasteiger partial charge in [0.05, 0.1) is 6.42 Å². The highest BCUT2D eigenvalue weighted by molar-refractivity contribution is 6.31. The average Bonchev–Trinajstić information content (AvgIpc) is 3.02. The Morgan fingerprint density at radius 3 is 2.75 bits per heavy atom. The zero-order valence-corrected chi connectivity index (χ0v) is 12.5. The highest BCUT2D eigenvalue weighted by atomic mass is 35.5. The first kappa shape index (κ1) is 13.9. The monoisotopic (exact) mass is 293 g/mol. The maximum Gasteiger partial charge on any atom is 0.304 e. The van der Waals surface area contributed by atoms with Gasteiger partial charge < -0.3 is 10.0 Å². The Morgan fingerprint density at radius 1 is 1.50 bits per heavy atom. The predicted octanol–water partition coefficient (Wildman–Crippen LogP) is 3.27. The van der Waals surface area contributed by atoms with Crippen LogP contribution in [0.15, 0.2) is 18.2 Å². The lowest BCUT2D eigenvalue weighted by Gasteiger charge is -2.17. The highest BCUT2D eigenvalue weighted by Crippen LogP contribution is 2.52. The number of nitrogens with zero attached hydrogens (tertiary/aromatic N) is 1. The molecule has 2 fully saturated rings. The molecule has 20 heavy (non-hydrogen) atoms. The summed E-state index contributed by atoms with van der Waals surface area (Å²) in [5, 5.41) is 9.84. The molecule has 1 heterocycles. The SMILES string of the molecule is CN1CCC(c2ccc(C3(CC(=O)O)CC3)cc2Cl)C1. The standard InChI is InChI=1S/C16H20ClNO2/c1-18-7-4-11(10-18)13-3-2-12(8-14(13)17)16(5-6-16)9-15(19)20/h2-3,8,11H,4-7,9-10H2,1H3,(H,19,20). The van der Waals surface area contributed by atoms with Crippen molar-refractivity contribution in [3.05, 3.63) is 34.3 Å². The molecule has 3 rings (SSSR count). The first-order chi connectivity index (χ1) is 9.50. The molecule has 0 amide bonds. The van der Waals surface area contributed by atoms with Gasteiger partial charge in [0.15, 0.2) is 0 Å². The first-order valence-electron chi connectivity index (χ1n) is 7.20. The van der Waals surface area contributed by atoms with Crippen LogP contribution in [0.1, 0.15) is 42.7 Å². The lowest BCUT2D eigenvalue weighted by Crippen LogP contribution is -2.14. The van der Waals surface area contributed by atoms with E-state index in [2.05, 4.69) is 24.1 Å². The fourth-order valence-corrected chi connectivity index (χ4v) is 3.72. The second-order valence-electron chi connectivity index (χ2n) is 6.33. The number of carbonyl (C=O) groups is 1. The number of likely N-dealkylation sites (tertiary alicyclic amines) is 1. The molecule has 1 saturated heterocycles. The number of benzene rings is 1. The van der Waals surface area contributed by atoms with Crippen molar-refractivity contribution in [2.75, 3.05) is 20.1 Å². The van der Waals surface area contributed by atoms with E-state index in [0.717, 1.165) is 42.9 Å². The van der Waals surface area contributed by atoms with E-state index in [0.29, 0.717) is 5.92 Å². The van der Waals surface area contributed by atoms with Gasteiger partial charge >= 0.3 is 5.97 Å². The number of rotatable bonds is 4. The van der Waals surface area contributed by atoms with Crippen molar-refractivity contribution in [3.63, 3.8) is 0 Å². The number of hydrogen-bond donors (Lipinski definition) is 1. The number of carboxylic acid groups (broad SMARTS) is 1. The summed E-state index contributed by atoms with van der Waals surface area (Å²) in [6.45, 7) is 2.17. The van der Waals surface area contributed by atoms with E-state index in [9.17, 15) is 4.79 Å². The van der Waals surface area contributed by atoms with Gasteiger partial charge in [0.25, 0.3) is 0 Å². The van der Waals surface area contributed by atoms with Crippen LogP contribution in [0.2, 0.25) is 5.02 Å². The normalized spacial score (nSPS) is 24.8. The second-order valence-corrected chi connectivity index (χ2v) is 6.74. The number of carboxylic acids is 1. The molecular weight excluding hydrogens is 274 g/mol. The third kappa shape index (κ3) is 2.57. The molecule has 1 atom stereocenters. The average molecular weight is 294 g/mol. The van der Waals surface area contributed by atoms with Gasteiger partial charge in [0.2, 0.25) is 0 Å². The van der Waals surface area contributed by atoms with Crippen molar-refractivity contribution in [3.8, 4) is 0 Å². The third-order valence-electron chi connectivity index (χ3n) is 4.79. The van der Waals surface area contributed by atoms with Gasteiger partial charge in [-0.2, -0.15) is 0 Å². The maximum atomic E-state index is 11.0. The van der Waals surface area contributed by atoms with Crippen molar-refractivity contribution in [2.45, 2.75) is 37.0 Å². The van der Waals surface area contributed by atoms with Crippen LogP contribution in [0.5, 0.6) is 0 Å². The van der Waals surface area contributed by atoms with Gasteiger partial charge in [-0.3, -0.25) is 4.79 Å². The largest absolute Gasteiger partial charge is 0.481 e. The minimum absolute atomic E-state index is 0.152. The lowest BCUT2D eigenvalue weighted by atomic mass is 9.89. The summed E-state index contributed by atoms with van der Waals surface area (Å²) in [5.41, 5.74) is 2.16. The summed E-state index contributed by atoms with van der Waals surface area (Å²) >= 11 is 6.46. The number of aliphatic carboxylic acids is 1. The van der Waals surface area contributed by atoms with Gasteiger partial charge in [0, 0.05) is 17.0 Å². The van der Waals surface area contributed by atoms with Gasteiger partial charge in [-0.1, -0.05) is 23.7 Å². The summed E-state index contributed by atoms with van der Waals surface area (Å²) < 4.78 is 0. The molecule has 1 aromatic carbocycles. The van der Waals surface area contributed by atoms with Gasteiger partial charge in [0.1, 0.15) is 0 Å². The third-order valence-corrected chi connectivity index (χ3v) is 5.11. The molecule has 4 heteroatoms. The molecule has 1 N–H and O–H groups in total. The van der Waals surface area contributed by atoms with Crippen LogP contribution in [-0.4, -0.2) is 36.1 Å². The molecule has 1 aromatic rings. The summed E-state index contributed by atoms with van der Waals surface area (Å²) in [6.07, 6.45) is 3.28. The molecule has 0 aromatic heterocycles. The molecule has 1 aliphatic heterocycles. The maximum absolute atomic E-state index is 11.0. The predicted molar refractivity (Wildman–Crippen MR) is 79.5 cm³/mol. The van der Waals surface area contributed by atoms with E-state index in [-0.39, 0.29) is 11.8 Å². The number of likely N-dealkylation sites (N-methyl/N-ethyl adjacent to an activating group) is 1. The van der Waals surface area contributed by atoms with Crippen LogP contribution in [0.25, 0.3) is 0 Å². The topological polar surface area (TPSA) is 40.5 Å². The van der Waals surface area contributed by atoms with Crippen molar-refractivity contribution < 1.29 is 9.90 Å². The minimum Gasteiger partial charge on any atom is -0.481 e. The Balaban J connectivity index is 1.83. The molecule has 0 bridgehead atoms. The second kappa shape index (κ2) is 5.05. The Morgan fingerprint density at radius 2 is 2.25 bits per heavy atom. The van der Waals surface area contributed by atoms with Gasteiger partial charge in [-0.05, 0) is 56.0 Å². The zero-order valence-electron chi connectivity index (χ0n) is 11.7. The van der Waals surface area contributed by atoms with Crippen molar-refractivity contribution in [1.82, 2.24) is 4.90 Å². The minimum atomic E-state index is -0.722. The summed E-state index contributed by atoms with van der Waals surface area (Å²) in [4.78, 5) is 13.3. The van der Waals surface area contributed by atoms with Gasteiger partial charge in [-0.15, -0.1) is 0 Å². The fraction of sp³-hybridized carbons (Fsp3) is 0.562. The van der Waals surface area contributed by atoms with E-state index >= 15 is 0 Å². The molecule has 108 valence electrons. The van der Waals surface area contributed by atoms with Crippen LogP contribution in [0.3, 0.4) is 0 Å². The molecule has 1 saturated carbocycles. The lowest BCUT2D eigenvalue weighted by molar-refractivity contribution is -0.137. The van der Waals surface area contributed by atoms with Crippen LogP contribution in [0, 0.1) is 0 Å².